The molecule has 0 bridgehead atoms. The Labute approximate surface area is 163 Å². The largest absolute Gasteiger partial charge is 0.484 e. The molecule has 0 radical (unpaired) electrons. The maximum absolute atomic E-state index is 12.0. The first-order valence-corrected chi connectivity index (χ1v) is 9.12. The van der Waals surface area contributed by atoms with E-state index in [9.17, 15) is 4.79 Å². The van der Waals surface area contributed by atoms with E-state index in [4.69, 9.17) is 39.5 Å². The van der Waals surface area contributed by atoms with E-state index in [0.29, 0.717) is 31.6 Å². The van der Waals surface area contributed by atoms with E-state index < -0.39 is 0 Å². The molecule has 0 aliphatic rings. The summed E-state index contributed by atoms with van der Waals surface area (Å²) in [5.41, 5.74) is 1.53. The van der Waals surface area contributed by atoms with Gasteiger partial charge < -0.3 is 4.74 Å². The molecule has 1 heterocycles. The highest BCUT2D eigenvalue weighted by Gasteiger charge is 2.10. The quantitative estimate of drug-likeness (QED) is 0.576. The number of benzene rings is 2. The number of ether oxygens (including phenoxy) is 1. The van der Waals surface area contributed by atoms with Crippen LogP contribution in [0.15, 0.2) is 47.8 Å². The second-order valence-electron chi connectivity index (χ2n) is 4.96. The van der Waals surface area contributed by atoms with Crippen LogP contribution in [0, 0.1) is 0 Å². The van der Waals surface area contributed by atoms with Crippen LogP contribution in [0.4, 0.5) is 5.13 Å². The van der Waals surface area contributed by atoms with E-state index in [1.807, 2.05) is 11.4 Å². The van der Waals surface area contributed by atoms with Gasteiger partial charge in [-0.05, 0) is 36.4 Å². The predicted octanol–water partition coefficient (Wildman–Crippen LogP) is 5.79. The molecular formula is C17H11Cl3N2O2S. The number of halogens is 3. The van der Waals surface area contributed by atoms with Gasteiger partial charge in [0, 0.05) is 16.0 Å². The number of anilines is 1. The van der Waals surface area contributed by atoms with E-state index in [1.54, 1.807) is 36.4 Å². The highest BCUT2D eigenvalue weighted by molar-refractivity contribution is 7.14. The van der Waals surface area contributed by atoms with E-state index >= 15 is 0 Å². The third-order valence-electron chi connectivity index (χ3n) is 3.15. The Balaban J connectivity index is 1.59. The molecule has 0 atom stereocenters. The number of nitrogens with one attached hydrogen (secondary N) is 1. The summed E-state index contributed by atoms with van der Waals surface area (Å²) in [5, 5.41) is 6.54. The maximum atomic E-state index is 12.0. The van der Waals surface area contributed by atoms with Crippen molar-refractivity contribution in [2.24, 2.45) is 0 Å². The number of amides is 1. The zero-order valence-corrected chi connectivity index (χ0v) is 15.7. The molecule has 0 saturated carbocycles. The lowest BCUT2D eigenvalue weighted by atomic mass is 10.2. The van der Waals surface area contributed by atoms with Crippen molar-refractivity contribution >= 4 is 57.2 Å². The zero-order chi connectivity index (χ0) is 17.8. The lowest BCUT2D eigenvalue weighted by Crippen LogP contribution is -2.20. The third-order valence-corrected chi connectivity index (χ3v) is 4.90. The highest BCUT2D eigenvalue weighted by atomic mass is 35.5. The minimum atomic E-state index is -0.301. The second kappa shape index (κ2) is 8.06. The summed E-state index contributed by atoms with van der Waals surface area (Å²) in [5.74, 6) is 0.264. The SMILES string of the molecule is O=C(COc1ccc(Cl)cc1)Nc1nc(-c2ccc(Cl)c(Cl)c2)cs1. The molecule has 2 aromatic carbocycles. The van der Waals surface area contributed by atoms with Gasteiger partial charge in [-0.3, -0.25) is 10.1 Å². The lowest BCUT2D eigenvalue weighted by molar-refractivity contribution is -0.118. The van der Waals surface area contributed by atoms with Gasteiger partial charge in [0.05, 0.1) is 15.7 Å². The molecule has 8 heteroatoms. The van der Waals surface area contributed by atoms with E-state index in [-0.39, 0.29) is 12.5 Å². The summed E-state index contributed by atoms with van der Waals surface area (Å²) in [6.07, 6.45) is 0. The van der Waals surface area contributed by atoms with Crippen molar-refractivity contribution in [1.82, 2.24) is 4.98 Å². The number of nitrogens with zero attached hydrogens (tertiary/aromatic N) is 1. The van der Waals surface area contributed by atoms with Gasteiger partial charge in [0.15, 0.2) is 11.7 Å². The molecule has 0 aliphatic heterocycles. The smallest absolute Gasteiger partial charge is 0.264 e. The van der Waals surface area contributed by atoms with E-state index in [0.717, 1.165) is 5.56 Å². The van der Waals surface area contributed by atoms with Crippen LogP contribution in [0.1, 0.15) is 0 Å². The minimum Gasteiger partial charge on any atom is -0.484 e. The predicted molar refractivity (Wildman–Crippen MR) is 103 cm³/mol. The van der Waals surface area contributed by atoms with Crippen molar-refractivity contribution in [1.29, 1.82) is 0 Å². The Morgan fingerprint density at radius 1 is 1.08 bits per heavy atom. The highest BCUT2D eigenvalue weighted by Crippen LogP contribution is 2.30. The topological polar surface area (TPSA) is 51.2 Å². The molecule has 3 aromatic rings. The fourth-order valence-corrected chi connectivity index (χ4v) is 3.11. The average molecular weight is 414 g/mol. The number of aromatic nitrogens is 1. The van der Waals surface area contributed by atoms with Crippen LogP contribution in [0.2, 0.25) is 15.1 Å². The number of thiazole rings is 1. The average Bonchev–Trinajstić information content (AvgIpc) is 3.05. The molecule has 1 aromatic heterocycles. The van der Waals surface area contributed by atoms with Crippen molar-refractivity contribution in [2.75, 3.05) is 11.9 Å². The molecule has 0 saturated heterocycles. The molecule has 0 unspecified atom stereocenters. The van der Waals surface area contributed by atoms with Gasteiger partial charge in [-0.15, -0.1) is 11.3 Å². The Kier molecular flexibility index (Phi) is 5.81. The fourth-order valence-electron chi connectivity index (χ4n) is 1.95. The maximum Gasteiger partial charge on any atom is 0.264 e. The number of carbonyl (C=O) groups is 1. The lowest BCUT2D eigenvalue weighted by Gasteiger charge is -2.05. The minimum absolute atomic E-state index is 0.122. The Morgan fingerprint density at radius 2 is 1.84 bits per heavy atom. The van der Waals surface area contributed by atoms with Crippen LogP contribution in [-0.2, 0) is 4.79 Å². The van der Waals surface area contributed by atoms with Gasteiger partial charge in [-0.25, -0.2) is 4.98 Å². The van der Waals surface area contributed by atoms with Crippen LogP contribution in [0.25, 0.3) is 11.3 Å². The van der Waals surface area contributed by atoms with Crippen molar-refractivity contribution in [3.05, 3.63) is 62.9 Å². The molecule has 4 nitrogen and oxygen atoms in total. The molecule has 3 rings (SSSR count). The molecule has 0 spiro atoms. The van der Waals surface area contributed by atoms with Crippen molar-refractivity contribution in [2.45, 2.75) is 0 Å². The monoisotopic (exact) mass is 412 g/mol. The third kappa shape index (κ3) is 4.86. The summed E-state index contributed by atoms with van der Waals surface area (Å²) in [6.45, 7) is -0.122. The van der Waals surface area contributed by atoms with Gasteiger partial charge in [-0.2, -0.15) is 0 Å². The fraction of sp³-hybridized carbons (Fsp3) is 0.0588. The molecule has 1 N–H and O–H groups in total. The van der Waals surface area contributed by atoms with Crippen LogP contribution in [0.3, 0.4) is 0 Å². The van der Waals surface area contributed by atoms with Gasteiger partial charge in [-0.1, -0.05) is 40.9 Å². The summed E-state index contributed by atoms with van der Waals surface area (Å²) < 4.78 is 5.39. The van der Waals surface area contributed by atoms with Crippen molar-refractivity contribution in [3.8, 4) is 17.0 Å². The summed E-state index contributed by atoms with van der Waals surface area (Å²) >= 11 is 19.0. The van der Waals surface area contributed by atoms with Gasteiger partial charge in [0.25, 0.3) is 5.91 Å². The Hall–Kier alpha value is -1.79. The number of hydrogen-bond donors (Lipinski definition) is 1. The first kappa shape index (κ1) is 18.0. The van der Waals surface area contributed by atoms with Crippen molar-refractivity contribution in [3.63, 3.8) is 0 Å². The first-order valence-electron chi connectivity index (χ1n) is 7.10. The van der Waals surface area contributed by atoms with Gasteiger partial charge in [0.2, 0.25) is 0 Å². The summed E-state index contributed by atoms with van der Waals surface area (Å²) in [6, 6.07) is 12.0. The van der Waals surface area contributed by atoms with Gasteiger partial charge >= 0.3 is 0 Å². The Morgan fingerprint density at radius 3 is 2.56 bits per heavy atom. The standard InChI is InChI=1S/C17H11Cl3N2O2S/c18-11-2-4-12(5-3-11)24-8-16(23)22-17-21-15(9-25-17)10-1-6-13(19)14(20)7-10/h1-7,9H,8H2,(H,21,22,23). The number of hydrogen-bond acceptors (Lipinski definition) is 4. The molecular weight excluding hydrogens is 403 g/mol. The zero-order valence-electron chi connectivity index (χ0n) is 12.6. The Bertz CT molecular complexity index is 897. The normalized spacial score (nSPS) is 10.5. The summed E-state index contributed by atoms with van der Waals surface area (Å²) in [4.78, 5) is 16.3. The van der Waals surface area contributed by atoms with Crippen LogP contribution < -0.4 is 10.1 Å². The molecule has 0 fully saturated rings. The summed E-state index contributed by atoms with van der Waals surface area (Å²) in [7, 11) is 0. The number of rotatable bonds is 5. The first-order chi connectivity index (χ1) is 12.0. The van der Waals surface area contributed by atoms with E-state index in [1.165, 1.54) is 11.3 Å². The van der Waals surface area contributed by atoms with Crippen LogP contribution >= 0.6 is 46.1 Å². The second-order valence-corrected chi connectivity index (χ2v) is 7.07. The molecule has 0 aliphatic carbocycles. The van der Waals surface area contributed by atoms with Crippen LogP contribution in [-0.4, -0.2) is 17.5 Å². The van der Waals surface area contributed by atoms with Crippen molar-refractivity contribution < 1.29 is 9.53 Å². The molecule has 128 valence electrons. The molecule has 1 amide bonds. The van der Waals surface area contributed by atoms with Crippen LogP contribution in [0.5, 0.6) is 5.75 Å². The van der Waals surface area contributed by atoms with Gasteiger partial charge in [0.1, 0.15) is 5.75 Å². The number of carbonyl (C=O) groups excluding carboxylic acids is 1. The molecule has 25 heavy (non-hydrogen) atoms. The van der Waals surface area contributed by atoms with E-state index in [2.05, 4.69) is 10.3 Å².